The summed E-state index contributed by atoms with van der Waals surface area (Å²) in [5.41, 5.74) is -0.790. The van der Waals surface area contributed by atoms with Gasteiger partial charge >= 0.3 is 11.9 Å². The SMILES string of the molecule is O=C(O)c1ccc(Cl)c(S(=O)(=O)Nc2ccc(C(=O)O)c(O)c2)c1. The number of aromatic carboxylic acids is 2. The van der Waals surface area contributed by atoms with E-state index in [0.717, 1.165) is 36.4 Å². The summed E-state index contributed by atoms with van der Waals surface area (Å²) in [6.45, 7) is 0. The molecule has 0 amide bonds. The summed E-state index contributed by atoms with van der Waals surface area (Å²) in [6.07, 6.45) is 0. The molecule has 0 aromatic heterocycles. The number of rotatable bonds is 5. The van der Waals surface area contributed by atoms with Crippen molar-refractivity contribution in [3.63, 3.8) is 0 Å². The van der Waals surface area contributed by atoms with Gasteiger partial charge in [-0.1, -0.05) is 11.6 Å². The lowest BCUT2D eigenvalue weighted by molar-refractivity contribution is 0.0684. The number of phenols is 1. The Bertz CT molecular complexity index is 940. The van der Waals surface area contributed by atoms with Gasteiger partial charge < -0.3 is 15.3 Å². The highest BCUT2D eigenvalue weighted by Crippen LogP contribution is 2.27. The molecule has 8 nitrogen and oxygen atoms in total. The minimum atomic E-state index is -4.25. The van der Waals surface area contributed by atoms with Crippen LogP contribution in [0.4, 0.5) is 5.69 Å². The fraction of sp³-hybridized carbons (Fsp3) is 0. The van der Waals surface area contributed by atoms with E-state index in [1.807, 2.05) is 0 Å². The summed E-state index contributed by atoms with van der Waals surface area (Å²) in [4.78, 5) is 21.3. The van der Waals surface area contributed by atoms with Crippen LogP contribution in [0.1, 0.15) is 20.7 Å². The van der Waals surface area contributed by atoms with Gasteiger partial charge in [0.15, 0.2) is 0 Å². The summed E-state index contributed by atoms with van der Waals surface area (Å²) in [6, 6.07) is 6.23. The van der Waals surface area contributed by atoms with Gasteiger partial charge in [0, 0.05) is 6.07 Å². The van der Waals surface area contributed by atoms with Crippen LogP contribution in [0.2, 0.25) is 5.02 Å². The topological polar surface area (TPSA) is 141 Å². The molecule has 0 radical (unpaired) electrons. The van der Waals surface area contributed by atoms with Crippen molar-refractivity contribution in [2.75, 3.05) is 4.72 Å². The van der Waals surface area contributed by atoms with Crippen molar-refractivity contribution in [1.29, 1.82) is 0 Å². The van der Waals surface area contributed by atoms with Gasteiger partial charge in [0.25, 0.3) is 10.0 Å². The molecule has 0 heterocycles. The fourth-order valence-corrected chi connectivity index (χ4v) is 3.40. The first-order valence-electron chi connectivity index (χ1n) is 6.24. The van der Waals surface area contributed by atoms with Crippen LogP contribution < -0.4 is 4.72 Å². The lowest BCUT2D eigenvalue weighted by atomic mass is 10.2. The molecule has 0 bridgehead atoms. The molecule has 10 heteroatoms. The Hall–Kier alpha value is -2.78. The first-order valence-corrected chi connectivity index (χ1v) is 8.10. The summed E-state index contributed by atoms with van der Waals surface area (Å²) in [5.74, 6) is -3.33. The molecule has 2 aromatic carbocycles. The molecule has 0 spiro atoms. The highest BCUT2D eigenvalue weighted by molar-refractivity contribution is 7.92. The van der Waals surface area contributed by atoms with E-state index < -0.39 is 38.2 Å². The molecule has 0 atom stereocenters. The Kier molecular flexibility index (Phi) is 4.67. The number of anilines is 1. The molecular formula is C14H10ClNO7S. The van der Waals surface area contributed by atoms with Crippen LogP contribution >= 0.6 is 11.6 Å². The van der Waals surface area contributed by atoms with Gasteiger partial charge in [-0.2, -0.15) is 0 Å². The number of halogens is 1. The number of carboxylic acids is 2. The first-order chi connectivity index (χ1) is 11.1. The average molecular weight is 372 g/mol. The summed E-state index contributed by atoms with van der Waals surface area (Å²) in [5, 5.41) is 27.1. The molecule has 0 aliphatic carbocycles. The van der Waals surface area contributed by atoms with Crippen molar-refractivity contribution < 1.29 is 33.3 Å². The van der Waals surface area contributed by atoms with Crippen LogP contribution in [-0.4, -0.2) is 35.7 Å². The molecule has 0 fully saturated rings. The molecule has 2 rings (SSSR count). The number of hydrogen-bond donors (Lipinski definition) is 4. The first kappa shape index (κ1) is 17.6. The lowest BCUT2D eigenvalue weighted by Gasteiger charge is -2.11. The van der Waals surface area contributed by atoms with E-state index in [1.165, 1.54) is 0 Å². The van der Waals surface area contributed by atoms with Crippen molar-refractivity contribution in [1.82, 2.24) is 0 Å². The third-order valence-corrected chi connectivity index (χ3v) is 4.81. The van der Waals surface area contributed by atoms with Crippen LogP contribution in [0.5, 0.6) is 5.75 Å². The maximum Gasteiger partial charge on any atom is 0.339 e. The van der Waals surface area contributed by atoms with Crippen molar-refractivity contribution in [3.8, 4) is 5.75 Å². The molecule has 0 aliphatic heterocycles. The number of sulfonamides is 1. The Balaban J connectivity index is 2.42. The molecule has 24 heavy (non-hydrogen) atoms. The van der Waals surface area contributed by atoms with E-state index in [-0.39, 0.29) is 16.3 Å². The third kappa shape index (κ3) is 3.58. The standard InChI is InChI=1S/C14H10ClNO7S/c15-10-4-1-7(13(18)19)5-12(10)24(22,23)16-8-2-3-9(14(20)21)11(17)6-8/h1-6,16-17H,(H,18,19)(H,20,21). The second kappa shape index (κ2) is 6.38. The van der Waals surface area contributed by atoms with Gasteiger partial charge in [0.1, 0.15) is 16.2 Å². The minimum Gasteiger partial charge on any atom is -0.507 e. The monoisotopic (exact) mass is 371 g/mol. The second-order valence-corrected chi connectivity index (χ2v) is 6.65. The van der Waals surface area contributed by atoms with E-state index in [0.29, 0.717) is 0 Å². The Morgan fingerprint density at radius 3 is 2.21 bits per heavy atom. The maximum atomic E-state index is 12.3. The summed E-state index contributed by atoms with van der Waals surface area (Å²) in [7, 11) is -4.25. The smallest absolute Gasteiger partial charge is 0.339 e. The van der Waals surface area contributed by atoms with E-state index in [1.54, 1.807) is 0 Å². The number of aromatic hydroxyl groups is 1. The zero-order chi connectivity index (χ0) is 18.1. The van der Waals surface area contributed by atoms with Crippen molar-refractivity contribution in [3.05, 3.63) is 52.5 Å². The summed E-state index contributed by atoms with van der Waals surface area (Å²) < 4.78 is 26.8. The second-order valence-electron chi connectivity index (χ2n) is 4.59. The normalized spacial score (nSPS) is 11.0. The fourth-order valence-electron chi connectivity index (χ4n) is 1.83. The molecule has 2 aromatic rings. The van der Waals surface area contributed by atoms with Crippen LogP contribution in [0, 0.1) is 0 Å². The highest BCUT2D eigenvalue weighted by atomic mass is 35.5. The Morgan fingerprint density at radius 1 is 1.00 bits per heavy atom. The zero-order valence-corrected chi connectivity index (χ0v) is 13.3. The maximum absolute atomic E-state index is 12.3. The molecule has 0 unspecified atom stereocenters. The number of carbonyl (C=O) groups is 2. The van der Waals surface area contributed by atoms with E-state index in [2.05, 4.69) is 4.72 Å². The Labute approximate surface area is 141 Å². The average Bonchev–Trinajstić information content (AvgIpc) is 2.46. The van der Waals surface area contributed by atoms with Gasteiger partial charge in [-0.15, -0.1) is 0 Å². The molecule has 126 valence electrons. The van der Waals surface area contributed by atoms with E-state index >= 15 is 0 Å². The van der Waals surface area contributed by atoms with Gasteiger partial charge in [-0.05, 0) is 30.3 Å². The van der Waals surface area contributed by atoms with Gasteiger partial charge in [-0.25, -0.2) is 18.0 Å². The number of benzene rings is 2. The van der Waals surface area contributed by atoms with E-state index in [4.69, 9.17) is 21.8 Å². The zero-order valence-electron chi connectivity index (χ0n) is 11.7. The van der Waals surface area contributed by atoms with Gasteiger partial charge in [0.05, 0.1) is 16.3 Å². The van der Waals surface area contributed by atoms with Gasteiger partial charge in [0.2, 0.25) is 0 Å². The molecule has 0 saturated carbocycles. The number of nitrogens with one attached hydrogen (secondary N) is 1. The molecular weight excluding hydrogens is 362 g/mol. The highest BCUT2D eigenvalue weighted by Gasteiger charge is 2.21. The summed E-state index contributed by atoms with van der Waals surface area (Å²) >= 11 is 5.81. The molecule has 0 aliphatic rings. The van der Waals surface area contributed by atoms with Crippen LogP contribution in [0.25, 0.3) is 0 Å². The predicted octanol–water partition coefficient (Wildman–Crippen LogP) is 2.24. The molecule has 0 saturated heterocycles. The Morgan fingerprint density at radius 2 is 1.67 bits per heavy atom. The van der Waals surface area contributed by atoms with Crippen molar-refractivity contribution >= 4 is 39.3 Å². The third-order valence-electron chi connectivity index (χ3n) is 2.95. The van der Waals surface area contributed by atoms with Crippen molar-refractivity contribution in [2.24, 2.45) is 0 Å². The number of carboxylic acid groups (broad SMARTS) is 2. The number of hydrogen-bond acceptors (Lipinski definition) is 5. The van der Waals surface area contributed by atoms with E-state index in [9.17, 15) is 23.1 Å². The van der Waals surface area contributed by atoms with Crippen LogP contribution in [0.3, 0.4) is 0 Å². The van der Waals surface area contributed by atoms with Crippen LogP contribution in [-0.2, 0) is 10.0 Å². The largest absolute Gasteiger partial charge is 0.507 e. The predicted molar refractivity (Wildman–Crippen MR) is 84.3 cm³/mol. The molecule has 4 N–H and O–H groups in total. The minimum absolute atomic E-state index is 0.116. The lowest BCUT2D eigenvalue weighted by Crippen LogP contribution is -2.14. The van der Waals surface area contributed by atoms with Crippen molar-refractivity contribution in [2.45, 2.75) is 4.90 Å². The van der Waals surface area contributed by atoms with Crippen LogP contribution in [0.15, 0.2) is 41.3 Å². The quantitative estimate of drug-likeness (QED) is 0.631. The van der Waals surface area contributed by atoms with Gasteiger partial charge in [-0.3, -0.25) is 4.72 Å².